The summed E-state index contributed by atoms with van der Waals surface area (Å²) in [6, 6.07) is 17.2. The molecule has 6 nitrogen and oxygen atoms in total. The third kappa shape index (κ3) is 6.43. The van der Waals surface area contributed by atoms with E-state index in [1.165, 1.54) is 0 Å². The number of nitrogens with one attached hydrogen (secondary N) is 1. The molecular weight excluding hydrogens is 543 g/mol. The Kier molecular flexibility index (Phi) is 8.87. The number of benzene rings is 3. The molecule has 0 unspecified atom stereocenters. The molecule has 0 spiro atoms. The minimum Gasteiger partial charge on any atom is -0.493 e. The summed E-state index contributed by atoms with van der Waals surface area (Å²) in [6.45, 7) is 0.969. The molecule has 3 rings (SSSR count). The van der Waals surface area contributed by atoms with Crippen molar-refractivity contribution in [1.29, 1.82) is 0 Å². The zero-order valence-corrected chi connectivity index (χ0v) is 20.9. The number of halogens is 2. The number of ether oxygens (including phenoxy) is 4. The van der Waals surface area contributed by atoms with E-state index in [-0.39, 0.29) is 0 Å². The van der Waals surface area contributed by atoms with Crippen LogP contribution in [-0.4, -0.2) is 27.5 Å². The van der Waals surface area contributed by atoms with Gasteiger partial charge < -0.3 is 24.4 Å². The molecule has 168 valence electrons. The number of methoxy groups -OCH3 is 3. The van der Waals surface area contributed by atoms with Gasteiger partial charge in [0.2, 0.25) is 0 Å². The molecule has 0 amide bonds. The number of hydrogen-bond donors (Lipinski definition) is 1. The summed E-state index contributed by atoms with van der Waals surface area (Å²) >= 11 is 8.18. The molecule has 0 radical (unpaired) electrons. The van der Waals surface area contributed by atoms with Gasteiger partial charge in [0.1, 0.15) is 6.61 Å². The first-order valence-corrected chi connectivity index (χ1v) is 11.2. The van der Waals surface area contributed by atoms with Crippen LogP contribution in [0.2, 0.25) is 5.02 Å². The predicted molar refractivity (Wildman–Crippen MR) is 135 cm³/mol. The van der Waals surface area contributed by atoms with Crippen molar-refractivity contribution in [2.75, 3.05) is 21.3 Å². The minimum atomic E-state index is 0.420. The molecule has 3 aromatic rings. The fourth-order valence-electron chi connectivity index (χ4n) is 2.94. The first-order chi connectivity index (χ1) is 15.5. The van der Waals surface area contributed by atoms with E-state index in [9.17, 15) is 0 Å². The Morgan fingerprint density at radius 3 is 2.25 bits per heavy atom. The summed E-state index contributed by atoms with van der Waals surface area (Å²) in [7, 11) is 4.85. The fourth-order valence-corrected chi connectivity index (χ4v) is 3.85. The average Bonchev–Trinajstić information content (AvgIpc) is 2.81. The predicted octanol–water partition coefficient (Wildman–Crippen LogP) is 5.67. The fraction of sp³-hybridized carbons (Fsp3) is 0.208. The van der Waals surface area contributed by atoms with Crippen molar-refractivity contribution in [3.63, 3.8) is 0 Å². The van der Waals surface area contributed by atoms with Crippen molar-refractivity contribution < 1.29 is 18.9 Å². The van der Waals surface area contributed by atoms with E-state index in [2.05, 4.69) is 33.1 Å². The van der Waals surface area contributed by atoms with Crippen LogP contribution < -0.4 is 24.4 Å². The van der Waals surface area contributed by atoms with Crippen molar-refractivity contribution in [1.82, 2.24) is 5.43 Å². The third-order valence-electron chi connectivity index (χ3n) is 4.58. The van der Waals surface area contributed by atoms with Crippen LogP contribution >= 0.6 is 34.2 Å². The molecular formula is C24H24ClIN2O4. The van der Waals surface area contributed by atoms with E-state index in [1.54, 1.807) is 27.5 Å². The van der Waals surface area contributed by atoms with Gasteiger partial charge in [0.15, 0.2) is 23.0 Å². The van der Waals surface area contributed by atoms with Gasteiger partial charge in [0.05, 0.1) is 37.7 Å². The van der Waals surface area contributed by atoms with Crippen LogP contribution in [0.5, 0.6) is 23.0 Å². The molecule has 32 heavy (non-hydrogen) atoms. The third-order valence-corrected chi connectivity index (χ3v) is 5.64. The van der Waals surface area contributed by atoms with E-state index >= 15 is 0 Å². The maximum absolute atomic E-state index is 6.01. The topological polar surface area (TPSA) is 61.3 Å². The Bertz CT molecular complexity index is 1070. The molecule has 3 aromatic carbocycles. The van der Waals surface area contributed by atoms with Crippen LogP contribution in [0.4, 0.5) is 0 Å². The van der Waals surface area contributed by atoms with Crippen molar-refractivity contribution in [3.8, 4) is 23.0 Å². The van der Waals surface area contributed by atoms with Gasteiger partial charge in [-0.1, -0.05) is 29.8 Å². The summed E-state index contributed by atoms with van der Waals surface area (Å²) < 4.78 is 23.1. The summed E-state index contributed by atoms with van der Waals surface area (Å²) in [5, 5.41) is 5.02. The molecule has 0 saturated carbocycles. The van der Waals surface area contributed by atoms with Crippen molar-refractivity contribution in [2.45, 2.75) is 13.2 Å². The Balaban J connectivity index is 1.63. The average molecular weight is 567 g/mol. The largest absolute Gasteiger partial charge is 0.493 e. The molecule has 0 aromatic heterocycles. The van der Waals surface area contributed by atoms with Crippen LogP contribution in [0.3, 0.4) is 0 Å². The van der Waals surface area contributed by atoms with Crippen LogP contribution in [-0.2, 0) is 13.2 Å². The highest BCUT2D eigenvalue weighted by atomic mass is 127. The lowest BCUT2D eigenvalue weighted by Gasteiger charge is -2.13. The number of hydrazone groups is 1. The highest BCUT2D eigenvalue weighted by Crippen LogP contribution is 2.34. The van der Waals surface area contributed by atoms with Crippen LogP contribution in [0, 0.1) is 3.57 Å². The summed E-state index contributed by atoms with van der Waals surface area (Å²) in [5.41, 5.74) is 5.99. The minimum absolute atomic E-state index is 0.420. The maximum atomic E-state index is 6.01. The van der Waals surface area contributed by atoms with E-state index in [0.717, 1.165) is 20.3 Å². The highest BCUT2D eigenvalue weighted by molar-refractivity contribution is 14.1. The maximum Gasteiger partial charge on any atom is 0.174 e. The zero-order valence-electron chi connectivity index (χ0n) is 18.0. The molecule has 0 aliphatic carbocycles. The Morgan fingerprint density at radius 1 is 0.875 bits per heavy atom. The second-order valence-corrected chi connectivity index (χ2v) is 8.33. The second kappa shape index (κ2) is 11.8. The standard InChI is InChI=1S/C24H24ClIN2O4/c1-29-21-9-6-17(11-22(21)30-2)13-27-28-14-18-10-20(26)24(23(12-18)31-3)32-15-16-4-7-19(25)8-5-16/h4-12,14,27H,13,15H2,1-3H3/b28-14+. The van der Waals surface area contributed by atoms with Crippen molar-refractivity contribution in [2.24, 2.45) is 5.10 Å². The molecule has 8 heteroatoms. The Hall–Kier alpha value is -2.65. The van der Waals surface area contributed by atoms with Gasteiger partial charge in [0, 0.05) is 5.02 Å². The van der Waals surface area contributed by atoms with Crippen LogP contribution in [0.25, 0.3) is 0 Å². The molecule has 0 fully saturated rings. The van der Waals surface area contributed by atoms with E-state index in [1.807, 2.05) is 54.6 Å². The SMILES string of the molecule is COc1ccc(CN/N=C/c2cc(I)c(OCc3ccc(Cl)cc3)c(OC)c2)cc1OC. The van der Waals surface area contributed by atoms with Gasteiger partial charge in [-0.3, -0.25) is 0 Å². The highest BCUT2D eigenvalue weighted by Gasteiger charge is 2.11. The van der Waals surface area contributed by atoms with Gasteiger partial charge in [-0.15, -0.1) is 0 Å². The van der Waals surface area contributed by atoms with Crippen LogP contribution in [0.15, 0.2) is 59.7 Å². The van der Waals surface area contributed by atoms with Crippen molar-refractivity contribution >= 4 is 40.4 Å². The lowest BCUT2D eigenvalue weighted by atomic mass is 10.2. The quantitative estimate of drug-likeness (QED) is 0.195. The monoisotopic (exact) mass is 566 g/mol. The zero-order chi connectivity index (χ0) is 22.9. The van der Waals surface area contributed by atoms with Gasteiger partial charge in [-0.25, -0.2) is 0 Å². The summed E-state index contributed by atoms with van der Waals surface area (Å²) in [6.07, 6.45) is 1.74. The van der Waals surface area contributed by atoms with E-state index in [0.29, 0.717) is 41.2 Å². The smallest absolute Gasteiger partial charge is 0.174 e. The number of rotatable bonds is 10. The first-order valence-electron chi connectivity index (χ1n) is 9.75. The molecule has 0 aliphatic rings. The second-order valence-electron chi connectivity index (χ2n) is 6.73. The van der Waals surface area contributed by atoms with E-state index in [4.69, 9.17) is 30.5 Å². The van der Waals surface area contributed by atoms with Gasteiger partial charge in [-0.2, -0.15) is 5.10 Å². The first kappa shape index (κ1) is 24.0. The Morgan fingerprint density at radius 2 is 1.56 bits per heavy atom. The molecule has 0 saturated heterocycles. The number of hydrogen-bond acceptors (Lipinski definition) is 6. The Labute approximate surface area is 206 Å². The lowest BCUT2D eigenvalue weighted by molar-refractivity contribution is 0.282. The number of nitrogens with zero attached hydrogens (tertiary/aromatic N) is 1. The van der Waals surface area contributed by atoms with Gasteiger partial charge in [-0.05, 0) is 75.7 Å². The summed E-state index contributed by atoms with van der Waals surface area (Å²) in [4.78, 5) is 0. The van der Waals surface area contributed by atoms with E-state index < -0.39 is 0 Å². The molecule has 0 heterocycles. The van der Waals surface area contributed by atoms with Crippen LogP contribution in [0.1, 0.15) is 16.7 Å². The molecule has 1 N–H and O–H groups in total. The summed E-state index contributed by atoms with van der Waals surface area (Å²) in [5.74, 6) is 2.72. The molecule has 0 bridgehead atoms. The normalized spacial score (nSPS) is 10.8. The molecule has 0 atom stereocenters. The lowest BCUT2D eigenvalue weighted by Crippen LogP contribution is -2.06. The van der Waals surface area contributed by atoms with Gasteiger partial charge in [0.25, 0.3) is 0 Å². The van der Waals surface area contributed by atoms with Gasteiger partial charge >= 0.3 is 0 Å². The van der Waals surface area contributed by atoms with Crippen molar-refractivity contribution in [3.05, 3.63) is 79.9 Å². The molecule has 0 aliphatic heterocycles.